The molecule has 1 aromatic heterocycles. The molecule has 0 bridgehead atoms. The molecule has 0 aromatic carbocycles. The lowest BCUT2D eigenvalue weighted by Crippen LogP contribution is -2.39. The first kappa shape index (κ1) is 11.3. The molecule has 0 radical (unpaired) electrons. The average Bonchev–Trinajstić information content (AvgIpc) is 2.84. The molecule has 1 saturated heterocycles. The molecule has 16 heavy (non-hydrogen) atoms. The minimum absolute atomic E-state index is 0.0316. The van der Waals surface area contributed by atoms with Gasteiger partial charge in [-0.15, -0.1) is 21.8 Å². The molecule has 2 rings (SSSR count). The number of carbonyl (C=O) groups excluding carboxylic acids is 1. The van der Waals surface area contributed by atoms with E-state index in [1.54, 1.807) is 4.90 Å². The van der Waals surface area contributed by atoms with Crippen molar-refractivity contribution in [2.24, 2.45) is 0 Å². The topological polar surface area (TPSA) is 74.8 Å². The van der Waals surface area contributed by atoms with E-state index in [0.717, 1.165) is 0 Å². The van der Waals surface area contributed by atoms with E-state index in [9.17, 15) is 4.79 Å². The standard InChI is InChI=1S/C9H14ClN5O/c1-5(10)6(2)15-4-7(3-8(15)16)9-11-13-14-12-9/h5-7H,3-4H2,1-2H3,(H,11,12,13,14)/t5?,6-,7?/m0/s1. The van der Waals surface area contributed by atoms with Crippen LogP contribution in [0.4, 0.5) is 0 Å². The summed E-state index contributed by atoms with van der Waals surface area (Å²) in [4.78, 5) is 13.6. The quantitative estimate of drug-likeness (QED) is 0.786. The minimum atomic E-state index is -0.0621. The summed E-state index contributed by atoms with van der Waals surface area (Å²) >= 11 is 6.00. The first-order chi connectivity index (χ1) is 7.59. The second-order valence-corrected chi connectivity index (χ2v) is 4.82. The number of rotatable bonds is 3. The lowest BCUT2D eigenvalue weighted by atomic mass is 10.1. The van der Waals surface area contributed by atoms with Crippen LogP contribution in [0, 0.1) is 0 Å². The molecule has 1 fully saturated rings. The number of likely N-dealkylation sites (tertiary alicyclic amines) is 1. The lowest BCUT2D eigenvalue weighted by Gasteiger charge is -2.26. The summed E-state index contributed by atoms with van der Waals surface area (Å²) in [6.45, 7) is 4.46. The Bertz CT molecular complexity index is 366. The van der Waals surface area contributed by atoms with Gasteiger partial charge in [-0.05, 0) is 13.8 Å². The highest BCUT2D eigenvalue weighted by Gasteiger charge is 2.36. The molecular formula is C9H14ClN5O. The molecule has 6 nitrogen and oxygen atoms in total. The molecule has 1 N–H and O–H groups in total. The fraction of sp³-hybridized carbons (Fsp3) is 0.778. The van der Waals surface area contributed by atoms with Gasteiger partial charge in [0.25, 0.3) is 0 Å². The zero-order valence-corrected chi connectivity index (χ0v) is 9.98. The van der Waals surface area contributed by atoms with Gasteiger partial charge in [0.05, 0.1) is 5.38 Å². The van der Waals surface area contributed by atoms with Crippen LogP contribution in [0.1, 0.15) is 32.0 Å². The molecule has 3 atom stereocenters. The summed E-state index contributed by atoms with van der Waals surface area (Å²) in [5, 5.41) is 13.7. The molecule has 1 aliphatic rings. The number of carbonyl (C=O) groups is 1. The highest BCUT2D eigenvalue weighted by atomic mass is 35.5. The number of aromatic nitrogens is 4. The fourth-order valence-electron chi connectivity index (χ4n) is 1.89. The normalized spacial score (nSPS) is 24.8. The van der Waals surface area contributed by atoms with Crippen molar-refractivity contribution < 1.29 is 4.79 Å². The Morgan fingerprint density at radius 1 is 1.56 bits per heavy atom. The van der Waals surface area contributed by atoms with Gasteiger partial charge in [-0.25, -0.2) is 0 Å². The van der Waals surface area contributed by atoms with Gasteiger partial charge in [-0.3, -0.25) is 4.79 Å². The van der Waals surface area contributed by atoms with Gasteiger partial charge in [-0.2, -0.15) is 5.21 Å². The summed E-state index contributed by atoms with van der Waals surface area (Å²) in [5.74, 6) is 0.740. The van der Waals surface area contributed by atoms with E-state index in [4.69, 9.17) is 11.6 Å². The predicted molar refractivity (Wildman–Crippen MR) is 58.0 cm³/mol. The molecule has 2 heterocycles. The van der Waals surface area contributed by atoms with E-state index in [1.807, 2.05) is 13.8 Å². The first-order valence-corrected chi connectivity index (χ1v) is 5.70. The van der Waals surface area contributed by atoms with Crippen molar-refractivity contribution in [2.75, 3.05) is 6.54 Å². The lowest BCUT2D eigenvalue weighted by molar-refractivity contribution is -0.129. The molecule has 1 amide bonds. The Morgan fingerprint density at radius 3 is 2.88 bits per heavy atom. The number of nitrogens with one attached hydrogen (secondary N) is 1. The number of hydrogen-bond donors (Lipinski definition) is 1. The fourth-order valence-corrected chi connectivity index (χ4v) is 2.02. The zero-order chi connectivity index (χ0) is 11.7. The number of H-pyrrole nitrogens is 1. The van der Waals surface area contributed by atoms with Crippen LogP contribution in [0.3, 0.4) is 0 Å². The SMILES string of the molecule is CC(Cl)[C@H](C)N1CC(c2nn[nH]n2)CC1=O. The highest BCUT2D eigenvalue weighted by molar-refractivity contribution is 6.20. The summed E-state index contributed by atoms with van der Waals surface area (Å²) in [7, 11) is 0. The Labute approximate surface area is 98.3 Å². The summed E-state index contributed by atoms with van der Waals surface area (Å²) in [6, 6.07) is 0.0334. The van der Waals surface area contributed by atoms with E-state index in [2.05, 4.69) is 20.6 Å². The Hall–Kier alpha value is -1.17. The Morgan fingerprint density at radius 2 is 2.31 bits per heavy atom. The van der Waals surface area contributed by atoms with Crippen molar-refractivity contribution in [1.29, 1.82) is 0 Å². The summed E-state index contributed by atoms with van der Waals surface area (Å²) in [6.07, 6.45) is 0.438. The van der Waals surface area contributed by atoms with Crippen molar-refractivity contribution in [3.8, 4) is 0 Å². The molecule has 0 spiro atoms. The van der Waals surface area contributed by atoms with Crippen LogP contribution in [0.15, 0.2) is 0 Å². The van der Waals surface area contributed by atoms with Crippen molar-refractivity contribution in [2.45, 2.75) is 37.6 Å². The van der Waals surface area contributed by atoms with Crippen LogP contribution in [0.25, 0.3) is 0 Å². The van der Waals surface area contributed by atoms with Gasteiger partial charge in [0.2, 0.25) is 5.91 Å². The maximum atomic E-state index is 11.8. The van der Waals surface area contributed by atoms with Crippen LogP contribution < -0.4 is 0 Å². The third-order valence-electron chi connectivity index (χ3n) is 3.04. The van der Waals surface area contributed by atoms with Crippen LogP contribution in [-0.2, 0) is 4.79 Å². The number of aromatic amines is 1. The smallest absolute Gasteiger partial charge is 0.223 e. The van der Waals surface area contributed by atoms with E-state index >= 15 is 0 Å². The van der Waals surface area contributed by atoms with E-state index < -0.39 is 0 Å². The first-order valence-electron chi connectivity index (χ1n) is 5.26. The van der Waals surface area contributed by atoms with Crippen molar-refractivity contribution in [3.63, 3.8) is 0 Å². The zero-order valence-electron chi connectivity index (χ0n) is 9.22. The molecule has 88 valence electrons. The molecule has 1 aliphatic heterocycles. The minimum Gasteiger partial charge on any atom is -0.338 e. The maximum absolute atomic E-state index is 11.8. The van der Waals surface area contributed by atoms with Crippen LogP contribution in [0.2, 0.25) is 0 Å². The molecule has 0 saturated carbocycles. The second-order valence-electron chi connectivity index (χ2n) is 4.14. The van der Waals surface area contributed by atoms with Gasteiger partial charge < -0.3 is 4.90 Å². The number of hydrogen-bond acceptors (Lipinski definition) is 4. The van der Waals surface area contributed by atoms with E-state index in [1.165, 1.54) is 0 Å². The van der Waals surface area contributed by atoms with Gasteiger partial charge in [0.1, 0.15) is 0 Å². The Balaban J connectivity index is 2.07. The van der Waals surface area contributed by atoms with Gasteiger partial charge in [0, 0.05) is 24.9 Å². The Kier molecular flexibility index (Phi) is 3.09. The summed E-state index contributed by atoms with van der Waals surface area (Å²) < 4.78 is 0. The van der Waals surface area contributed by atoms with Crippen molar-refractivity contribution in [1.82, 2.24) is 25.5 Å². The number of nitrogens with zero attached hydrogens (tertiary/aromatic N) is 4. The number of alkyl halides is 1. The highest BCUT2D eigenvalue weighted by Crippen LogP contribution is 2.28. The van der Waals surface area contributed by atoms with Gasteiger partial charge in [-0.1, -0.05) is 5.21 Å². The molecule has 1 aromatic rings. The van der Waals surface area contributed by atoms with Gasteiger partial charge in [0.15, 0.2) is 5.82 Å². The summed E-state index contributed by atoms with van der Waals surface area (Å²) in [5.41, 5.74) is 0. The molecule has 7 heteroatoms. The molecular weight excluding hydrogens is 230 g/mol. The van der Waals surface area contributed by atoms with Crippen molar-refractivity contribution in [3.05, 3.63) is 5.82 Å². The predicted octanol–water partition coefficient (Wildman–Crippen LogP) is 0.531. The van der Waals surface area contributed by atoms with Gasteiger partial charge >= 0.3 is 0 Å². The van der Waals surface area contributed by atoms with E-state index in [-0.39, 0.29) is 23.2 Å². The molecule has 2 unspecified atom stereocenters. The maximum Gasteiger partial charge on any atom is 0.223 e. The number of amides is 1. The largest absolute Gasteiger partial charge is 0.338 e. The van der Waals surface area contributed by atoms with E-state index in [0.29, 0.717) is 18.8 Å². The third-order valence-corrected chi connectivity index (χ3v) is 3.41. The van der Waals surface area contributed by atoms with Crippen LogP contribution in [-0.4, -0.2) is 49.4 Å². The van der Waals surface area contributed by atoms with Crippen molar-refractivity contribution >= 4 is 17.5 Å². The third kappa shape index (κ3) is 2.02. The van der Waals surface area contributed by atoms with Crippen LogP contribution in [0.5, 0.6) is 0 Å². The number of halogens is 1. The second kappa shape index (κ2) is 4.37. The average molecular weight is 244 g/mol. The number of tetrazole rings is 1. The monoisotopic (exact) mass is 243 g/mol. The van der Waals surface area contributed by atoms with Crippen LogP contribution >= 0.6 is 11.6 Å². The molecule has 0 aliphatic carbocycles.